The molecule has 0 spiro atoms. The van der Waals surface area contributed by atoms with Crippen LogP contribution < -0.4 is 0 Å². The first-order valence-electron chi connectivity index (χ1n) is 6.21. The van der Waals surface area contributed by atoms with E-state index in [2.05, 4.69) is 11.1 Å². The Bertz CT molecular complexity index is 487. The molecule has 1 aliphatic rings. The van der Waals surface area contributed by atoms with Crippen molar-refractivity contribution in [1.82, 2.24) is 14.5 Å². The van der Waals surface area contributed by atoms with Crippen LogP contribution in [-0.4, -0.2) is 33.4 Å². The third-order valence-electron chi connectivity index (χ3n) is 3.55. The number of carbonyl (C=O) groups is 1. The molecule has 1 unspecified atom stereocenters. The van der Waals surface area contributed by atoms with Gasteiger partial charge in [-0.3, -0.25) is 4.79 Å². The smallest absolute Gasteiger partial charge is 0.242 e. The summed E-state index contributed by atoms with van der Waals surface area (Å²) in [5.41, 5.74) is -0.391. The number of nitrogens with zero attached hydrogens (tertiary/aromatic N) is 4. The van der Waals surface area contributed by atoms with Crippen LogP contribution in [0.25, 0.3) is 0 Å². The van der Waals surface area contributed by atoms with Crippen molar-refractivity contribution in [3.05, 3.63) is 18.2 Å². The van der Waals surface area contributed by atoms with Gasteiger partial charge in [0.1, 0.15) is 12.4 Å². The number of likely N-dealkylation sites (tertiary alicyclic amines) is 1. The molecule has 2 rings (SSSR count). The van der Waals surface area contributed by atoms with E-state index in [1.54, 1.807) is 17.3 Å². The molecule has 0 N–H and O–H groups in total. The molecule has 0 aromatic carbocycles. The number of imidazole rings is 1. The summed E-state index contributed by atoms with van der Waals surface area (Å²) in [6.07, 6.45) is 5.27. The Hall–Kier alpha value is -1.83. The minimum atomic E-state index is -0.391. The molecule has 96 valence electrons. The van der Waals surface area contributed by atoms with Crippen LogP contribution in [0, 0.1) is 23.7 Å². The van der Waals surface area contributed by atoms with E-state index < -0.39 is 5.41 Å². The molecular weight excluding hydrogens is 228 g/mol. The van der Waals surface area contributed by atoms with Crippen molar-refractivity contribution in [2.45, 2.75) is 33.2 Å². The van der Waals surface area contributed by atoms with Gasteiger partial charge in [0.15, 0.2) is 0 Å². The van der Waals surface area contributed by atoms with Gasteiger partial charge in [-0.2, -0.15) is 5.26 Å². The first-order chi connectivity index (χ1) is 8.54. The van der Waals surface area contributed by atoms with Gasteiger partial charge in [0, 0.05) is 25.5 Å². The monoisotopic (exact) mass is 246 g/mol. The number of amides is 1. The fourth-order valence-corrected chi connectivity index (χ4v) is 2.36. The highest BCUT2D eigenvalue weighted by Crippen LogP contribution is 2.28. The minimum Gasteiger partial charge on any atom is -0.340 e. The lowest BCUT2D eigenvalue weighted by Crippen LogP contribution is -2.45. The summed E-state index contributed by atoms with van der Waals surface area (Å²) in [6.45, 7) is 5.41. The number of aromatic nitrogens is 2. The molecule has 1 saturated heterocycles. The van der Waals surface area contributed by atoms with Crippen molar-refractivity contribution in [2.24, 2.45) is 5.41 Å². The average molecular weight is 246 g/mol. The third-order valence-corrected chi connectivity index (χ3v) is 3.55. The number of piperidine rings is 1. The van der Waals surface area contributed by atoms with Crippen LogP contribution in [0.1, 0.15) is 25.6 Å². The number of rotatable bonds is 2. The highest BCUT2D eigenvalue weighted by Gasteiger charge is 2.33. The first-order valence-corrected chi connectivity index (χ1v) is 6.21. The summed E-state index contributed by atoms with van der Waals surface area (Å²) >= 11 is 0. The summed E-state index contributed by atoms with van der Waals surface area (Å²) in [7, 11) is 0. The predicted octanol–water partition coefficient (Wildman–Crippen LogP) is 1.34. The lowest BCUT2D eigenvalue weighted by Gasteiger charge is -2.36. The van der Waals surface area contributed by atoms with Gasteiger partial charge in [0.25, 0.3) is 0 Å². The average Bonchev–Trinajstić information content (AvgIpc) is 2.75. The maximum absolute atomic E-state index is 12.2. The second kappa shape index (κ2) is 4.81. The molecular formula is C13H18N4O. The number of nitriles is 1. The molecule has 5 nitrogen and oxygen atoms in total. The van der Waals surface area contributed by atoms with Crippen molar-refractivity contribution >= 4 is 5.91 Å². The number of aryl methyl sites for hydroxylation is 1. The van der Waals surface area contributed by atoms with Crippen molar-refractivity contribution in [2.75, 3.05) is 13.1 Å². The van der Waals surface area contributed by atoms with E-state index in [0.717, 1.165) is 25.2 Å². The van der Waals surface area contributed by atoms with Crippen LogP contribution in [-0.2, 0) is 11.3 Å². The van der Waals surface area contributed by atoms with Crippen LogP contribution in [0.4, 0.5) is 0 Å². The molecule has 5 heteroatoms. The zero-order chi connectivity index (χ0) is 13.2. The van der Waals surface area contributed by atoms with Gasteiger partial charge in [-0.05, 0) is 26.7 Å². The standard InChI is InChI=1S/C13H18N4O/c1-11-15-5-7-16(11)8-12(18)17-6-3-4-13(2,9-14)10-17/h5,7H,3-4,6,8,10H2,1-2H3. The Labute approximate surface area is 107 Å². The molecule has 1 amide bonds. The number of hydrogen-bond donors (Lipinski definition) is 0. The second-order valence-electron chi connectivity index (χ2n) is 5.19. The molecule has 0 aliphatic carbocycles. The topological polar surface area (TPSA) is 61.9 Å². The Balaban J connectivity index is 2.02. The van der Waals surface area contributed by atoms with E-state index in [9.17, 15) is 4.79 Å². The summed E-state index contributed by atoms with van der Waals surface area (Å²) in [6, 6.07) is 2.32. The van der Waals surface area contributed by atoms with E-state index in [0.29, 0.717) is 13.1 Å². The SMILES string of the molecule is Cc1nccn1CC(=O)N1CCCC(C)(C#N)C1. The molecule has 1 aliphatic heterocycles. The number of hydrogen-bond acceptors (Lipinski definition) is 3. The zero-order valence-corrected chi connectivity index (χ0v) is 10.9. The molecule has 0 saturated carbocycles. The molecule has 2 heterocycles. The molecule has 18 heavy (non-hydrogen) atoms. The number of carbonyl (C=O) groups excluding carboxylic acids is 1. The highest BCUT2D eigenvalue weighted by molar-refractivity contribution is 5.76. The van der Waals surface area contributed by atoms with Gasteiger partial charge in [-0.25, -0.2) is 4.98 Å². The van der Waals surface area contributed by atoms with Gasteiger partial charge in [0.05, 0.1) is 11.5 Å². The van der Waals surface area contributed by atoms with Gasteiger partial charge in [-0.1, -0.05) is 0 Å². The quantitative estimate of drug-likeness (QED) is 0.791. The van der Waals surface area contributed by atoms with Crippen molar-refractivity contribution in [3.8, 4) is 6.07 Å². The van der Waals surface area contributed by atoms with E-state index >= 15 is 0 Å². The highest BCUT2D eigenvalue weighted by atomic mass is 16.2. The van der Waals surface area contributed by atoms with E-state index in [4.69, 9.17) is 5.26 Å². The fourth-order valence-electron chi connectivity index (χ4n) is 2.36. The van der Waals surface area contributed by atoms with Crippen LogP contribution in [0.2, 0.25) is 0 Å². The lowest BCUT2D eigenvalue weighted by atomic mass is 9.83. The Morgan fingerprint density at radius 2 is 2.44 bits per heavy atom. The van der Waals surface area contributed by atoms with Gasteiger partial charge < -0.3 is 9.47 Å². The van der Waals surface area contributed by atoms with Gasteiger partial charge in [-0.15, -0.1) is 0 Å². The molecule has 0 bridgehead atoms. The van der Waals surface area contributed by atoms with Crippen molar-refractivity contribution in [3.63, 3.8) is 0 Å². The van der Waals surface area contributed by atoms with Crippen LogP contribution in [0.15, 0.2) is 12.4 Å². The van der Waals surface area contributed by atoms with E-state index in [1.807, 2.05) is 18.4 Å². The predicted molar refractivity (Wildman–Crippen MR) is 66.5 cm³/mol. The van der Waals surface area contributed by atoms with Crippen LogP contribution in [0.5, 0.6) is 0 Å². The Morgan fingerprint density at radius 1 is 1.67 bits per heavy atom. The second-order valence-corrected chi connectivity index (χ2v) is 5.19. The maximum Gasteiger partial charge on any atom is 0.242 e. The Morgan fingerprint density at radius 3 is 3.06 bits per heavy atom. The fraction of sp³-hybridized carbons (Fsp3) is 0.615. The largest absolute Gasteiger partial charge is 0.340 e. The van der Waals surface area contributed by atoms with E-state index in [1.165, 1.54) is 0 Å². The summed E-state index contributed by atoms with van der Waals surface area (Å²) in [5.74, 6) is 0.903. The van der Waals surface area contributed by atoms with Gasteiger partial charge in [0.2, 0.25) is 5.91 Å². The molecule has 1 aromatic rings. The molecule has 0 radical (unpaired) electrons. The molecule has 1 fully saturated rings. The summed E-state index contributed by atoms with van der Waals surface area (Å²) < 4.78 is 1.83. The third kappa shape index (κ3) is 2.53. The first kappa shape index (κ1) is 12.6. The van der Waals surface area contributed by atoms with Gasteiger partial charge >= 0.3 is 0 Å². The van der Waals surface area contributed by atoms with Crippen molar-refractivity contribution < 1.29 is 4.79 Å². The summed E-state index contributed by atoms with van der Waals surface area (Å²) in [4.78, 5) is 18.1. The van der Waals surface area contributed by atoms with E-state index in [-0.39, 0.29) is 5.91 Å². The lowest BCUT2D eigenvalue weighted by molar-refractivity contribution is -0.134. The van der Waals surface area contributed by atoms with Crippen LogP contribution >= 0.6 is 0 Å². The molecule has 1 aromatic heterocycles. The summed E-state index contributed by atoms with van der Waals surface area (Å²) in [5, 5.41) is 9.15. The van der Waals surface area contributed by atoms with Crippen LogP contribution in [0.3, 0.4) is 0 Å². The molecule has 1 atom stereocenters. The minimum absolute atomic E-state index is 0.0669. The van der Waals surface area contributed by atoms with Crippen molar-refractivity contribution in [1.29, 1.82) is 5.26 Å². The Kier molecular flexibility index (Phi) is 3.37. The normalized spacial score (nSPS) is 23.7. The maximum atomic E-state index is 12.2. The zero-order valence-electron chi connectivity index (χ0n) is 10.9.